The van der Waals surface area contributed by atoms with Gasteiger partial charge < -0.3 is 9.47 Å². The number of methoxy groups -OCH3 is 1. The zero-order valence-corrected chi connectivity index (χ0v) is 18.0. The Balaban J connectivity index is 1.73. The van der Waals surface area contributed by atoms with E-state index in [0.717, 1.165) is 41.3 Å². The Morgan fingerprint density at radius 3 is 2.53 bits per heavy atom. The van der Waals surface area contributed by atoms with Crippen molar-refractivity contribution in [2.24, 2.45) is 0 Å². The van der Waals surface area contributed by atoms with Gasteiger partial charge in [-0.3, -0.25) is 9.48 Å². The minimum absolute atomic E-state index is 0.0585. The quantitative estimate of drug-likeness (QED) is 0.361. The first-order valence-corrected chi connectivity index (χ1v) is 10.2. The molecule has 1 heterocycles. The third kappa shape index (κ3) is 5.17. The molecule has 0 N–H and O–H groups in total. The minimum Gasteiger partial charge on any atom is -0.496 e. The lowest BCUT2D eigenvalue weighted by molar-refractivity contribution is 0.104. The summed E-state index contributed by atoms with van der Waals surface area (Å²) in [7, 11) is 1.64. The van der Waals surface area contributed by atoms with Gasteiger partial charge in [0.2, 0.25) is 0 Å². The van der Waals surface area contributed by atoms with Crippen molar-refractivity contribution in [1.29, 1.82) is 0 Å². The molecule has 0 atom stereocenters. The number of hydrogen-bond donors (Lipinski definition) is 0. The van der Waals surface area contributed by atoms with Crippen LogP contribution in [0.1, 0.15) is 46.6 Å². The van der Waals surface area contributed by atoms with Crippen molar-refractivity contribution in [3.8, 4) is 11.5 Å². The maximum Gasteiger partial charge on any atom is 0.189 e. The van der Waals surface area contributed by atoms with E-state index in [1.807, 2.05) is 50.3 Å². The highest BCUT2D eigenvalue weighted by Crippen LogP contribution is 2.23. The molecular formula is C25H28N2O3. The lowest BCUT2D eigenvalue weighted by atomic mass is 10.1. The molecule has 0 unspecified atom stereocenters. The van der Waals surface area contributed by atoms with Gasteiger partial charge in [0.05, 0.1) is 18.4 Å². The van der Waals surface area contributed by atoms with Crippen LogP contribution in [0.2, 0.25) is 0 Å². The fourth-order valence-corrected chi connectivity index (χ4v) is 3.18. The van der Waals surface area contributed by atoms with Gasteiger partial charge in [-0.2, -0.15) is 5.10 Å². The summed E-state index contributed by atoms with van der Waals surface area (Å²) in [4.78, 5) is 12.5. The van der Waals surface area contributed by atoms with Gasteiger partial charge in [0.25, 0.3) is 0 Å². The van der Waals surface area contributed by atoms with E-state index in [-0.39, 0.29) is 5.78 Å². The molecule has 5 nitrogen and oxygen atoms in total. The third-order valence-corrected chi connectivity index (χ3v) is 4.99. The van der Waals surface area contributed by atoms with Crippen molar-refractivity contribution in [2.75, 3.05) is 7.11 Å². The van der Waals surface area contributed by atoms with Gasteiger partial charge in [0.1, 0.15) is 18.1 Å². The number of hydrogen-bond acceptors (Lipinski definition) is 4. The number of carbonyl (C=O) groups excluding carboxylic acids is 1. The lowest BCUT2D eigenvalue weighted by Gasteiger charge is -2.11. The molecule has 0 saturated heterocycles. The number of ketones is 1. The van der Waals surface area contributed by atoms with Crippen LogP contribution in [-0.2, 0) is 19.6 Å². The predicted octanol–water partition coefficient (Wildman–Crippen LogP) is 5.26. The first-order chi connectivity index (χ1) is 14.5. The number of aryl methyl sites for hydroxylation is 3. The van der Waals surface area contributed by atoms with Crippen LogP contribution in [0.15, 0.2) is 54.7 Å². The second-order valence-electron chi connectivity index (χ2n) is 7.04. The van der Waals surface area contributed by atoms with Gasteiger partial charge in [-0.05, 0) is 61.7 Å². The average Bonchev–Trinajstić information content (AvgIpc) is 3.17. The highest BCUT2D eigenvalue weighted by Gasteiger charge is 2.11. The second-order valence-corrected chi connectivity index (χ2v) is 7.04. The van der Waals surface area contributed by atoms with Crippen LogP contribution in [0.25, 0.3) is 6.08 Å². The van der Waals surface area contributed by atoms with Crippen molar-refractivity contribution in [1.82, 2.24) is 9.78 Å². The predicted molar refractivity (Wildman–Crippen MR) is 119 cm³/mol. The number of allylic oxidation sites excluding steroid dienone is 1. The number of rotatable bonds is 9. The van der Waals surface area contributed by atoms with Gasteiger partial charge in [-0.25, -0.2) is 0 Å². The summed E-state index contributed by atoms with van der Waals surface area (Å²) in [6.45, 7) is 7.09. The highest BCUT2D eigenvalue weighted by molar-refractivity contribution is 6.07. The van der Waals surface area contributed by atoms with E-state index in [4.69, 9.17) is 9.47 Å². The van der Waals surface area contributed by atoms with Crippen molar-refractivity contribution >= 4 is 11.9 Å². The smallest absolute Gasteiger partial charge is 0.189 e. The zero-order chi connectivity index (χ0) is 21.5. The molecule has 0 fully saturated rings. The van der Waals surface area contributed by atoms with E-state index in [9.17, 15) is 4.79 Å². The van der Waals surface area contributed by atoms with Crippen molar-refractivity contribution in [3.05, 3.63) is 82.7 Å². The molecular weight excluding hydrogens is 376 g/mol. The fraction of sp³-hybridized carbons (Fsp3) is 0.280. The first-order valence-electron chi connectivity index (χ1n) is 10.2. The molecule has 0 bridgehead atoms. The van der Waals surface area contributed by atoms with Gasteiger partial charge in [0, 0.05) is 18.3 Å². The summed E-state index contributed by atoms with van der Waals surface area (Å²) in [6.07, 6.45) is 6.18. The molecule has 0 spiro atoms. The summed E-state index contributed by atoms with van der Waals surface area (Å²) in [6, 6.07) is 13.9. The average molecular weight is 405 g/mol. The standard InChI is InChI=1S/C25H28N2O3/c1-5-19-7-11-22(12-8-19)30-17-21-15-20(10-14-25(21)29-4)9-13-24(28)23-16-27(6-2)26-18(23)3/h7-16H,5-6,17H2,1-4H3/b13-9+. The van der Waals surface area contributed by atoms with E-state index >= 15 is 0 Å². The summed E-state index contributed by atoms with van der Waals surface area (Å²) >= 11 is 0. The summed E-state index contributed by atoms with van der Waals surface area (Å²) in [5.74, 6) is 1.51. The van der Waals surface area contributed by atoms with Crippen molar-refractivity contribution < 1.29 is 14.3 Å². The zero-order valence-electron chi connectivity index (χ0n) is 18.0. The van der Waals surface area contributed by atoms with Crippen LogP contribution in [0.3, 0.4) is 0 Å². The van der Waals surface area contributed by atoms with Crippen LogP contribution in [0.5, 0.6) is 11.5 Å². The van der Waals surface area contributed by atoms with E-state index in [1.165, 1.54) is 5.56 Å². The number of nitrogens with zero attached hydrogens (tertiary/aromatic N) is 2. The molecule has 3 aromatic rings. The Labute approximate surface area is 178 Å². The SMILES string of the molecule is CCc1ccc(OCc2cc(/C=C/C(=O)c3cn(CC)nc3C)ccc2OC)cc1. The van der Waals surface area contributed by atoms with Crippen LogP contribution < -0.4 is 9.47 Å². The highest BCUT2D eigenvalue weighted by atomic mass is 16.5. The molecule has 3 rings (SSSR count). The molecule has 0 radical (unpaired) electrons. The molecule has 0 aliphatic carbocycles. The molecule has 2 aromatic carbocycles. The first kappa shape index (κ1) is 21.4. The topological polar surface area (TPSA) is 53.4 Å². The second kappa shape index (κ2) is 9.92. The van der Waals surface area contributed by atoms with Crippen LogP contribution in [0, 0.1) is 6.92 Å². The van der Waals surface area contributed by atoms with Crippen LogP contribution >= 0.6 is 0 Å². The Bertz CT molecular complexity index is 1030. The fourth-order valence-electron chi connectivity index (χ4n) is 3.18. The van der Waals surface area contributed by atoms with Gasteiger partial charge >= 0.3 is 0 Å². The molecule has 0 saturated carbocycles. The molecule has 1 aromatic heterocycles. The summed E-state index contributed by atoms with van der Waals surface area (Å²) in [5, 5.41) is 4.33. The number of benzene rings is 2. The number of ether oxygens (including phenoxy) is 2. The largest absolute Gasteiger partial charge is 0.496 e. The minimum atomic E-state index is -0.0585. The molecule has 0 aliphatic rings. The Hall–Kier alpha value is -3.34. The Morgan fingerprint density at radius 2 is 1.90 bits per heavy atom. The molecule has 5 heteroatoms. The Kier molecular flexibility index (Phi) is 7.07. The normalized spacial score (nSPS) is 11.1. The summed E-state index contributed by atoms with van der Waals surface area (Å²) < 4.78 is 13.2. The van der Waals surface area contributed by atoms with E-state index < -0.39 is 0 Å². The van der Waals surface area contributed by atoms with E-state index in [0.29, 0.717) is 12.2 Å². The third-order valence-electron chi connectivity index (χ3n) is 4.99. The lowest BCUT2D eigenvalue weighted by Crippen LogP contribution is -2.00. The van der Waals surface area contributed by atoms with Gasteiger partial charge in [-0.15, -0.1) is 0 Å². The summed E-state index contributed by atoms with van der Waals surface area (Å²) in [5.41, 5.74) is 4.47. The van der Waals surface area contributed by atoms with Crippen molar-refractivity contribution in [2.45, 2.75) is 40.3 Å². The monoisotopic (exact) mass is 404 g/mol. The van der Waals surface area contributed by atoms with E-state index in [1.54, 1.807) is 24.1 Å². The molecule has 30 heavy (non-hydrogen) atoms. The number of aromatic nitrogens is 2. The molecule has 0 amide bonds. The van der Waals surface area contributed by atoms with Gasteiger partial charge in [0.15, 0.2) is 5.78 Å². The Morgan fingerprint density at radius 1 is 1.13 bits per heavy atom. The molecule has 0 aliphatic heterocycles. The van der Waals surface area contributed by atoms with Crippen LogP contribution in [-0.4, -0.2) is 22.7 Å². The van der Waals surface area contributed by atoms with Crippen LogP contribution in [0.4, 0.5) is 0 Å². The van der Waals surface area contributed by atoms with E-state index in [2.05, 4.69) is 24.2 Å². The molecule has 156 valence electrons. The maximum absolute atomic E-state index is 12.5. The maximum atomic E-state index is 12.5. The van der Waals surface area contributed by atoms with Gasteiger partial charge in [-0.1, -0.05) is 31.2 Å². The number of carbonyl (C=O) groups is 1. The van der Waals surface area contributed by atoms with Crippen molar-refractivity contribution in [3.63, 3.8) is 0 Å².